The molecule has 0 radical (unpaired) electrons. The number of aryl methyl sites for hydroxylation is 1. The lowest BCUT2D eigenvalue weighted by atomic mass is 10.2. The molecule has 4 rings (SSSR count). The summed E-state index contributed by atoms with van der Waals surface area (Å²) in [6.07, 6.45) is 2.26. The van der Waals surface area contributed by atoms with Crippen LogP contribution in [0.4, 0.5) is 10.9 Å². The van der Waals surface area contributed by atoms with Gasteiger partial charge in [0.2, 0.25) is 0 Å². The van der Waals surface area contributed by atoms with Gasteiger partial charge in [-0.25, -0.2) is 15.0 Å². The second-order valence-electron chi connectivity index (χ2n) is 7.62. The largest absolute Gasteiger partial charge is 0.493 e. The first-order chi connectivity index (χ1) is 17.0. The summed E-state index contributed by atoms with van der Waals surface area (Å²) < 4.78 is 17.0. The minimum absolute atomic E-state index is 0. The van der Waals surface area contributed by atoms with E-state index in [2.05, 4.69) is 25.2 Å². The molecule has 0 amide bonds. The van der Waals surface area contributed by atoms with Gasteiger partial charge < -0.3 is 24.6 Å². The zero-order chi connectivity index (χ0) is 25.2. The Morgan fingerprint density at radius 1 is 1.22 bits per heavy atom. The minimum Gasteiger partial charge on any atom is -0.493 e. The first-order valence-electron chi connectivity index (χ1n) is 11.7. The van der Waals surface area contributed by atoms with Crippen LogP contribution in [0.15, 0.2) is 18.5 Å². The van der Waals surface area contributed by atoms with E-state index in [0.29, 0.717) is 40.3 Å². The summed E-state index contributed by atoms with van der Waals surface area (Å²) in [6.45, 7) is 10.9. The van der Waals surface area contributed by atoms with E-state index in [0.717, 1.165) is 49.5 Å². The molecule has 0 bridgehead atoms. The Hall–Kier alpha value is -3.02. The molecule has 0 atom stereocenters. The monoisotopic (exact) mass is 519 g/mol. The van der Waals surface area contributed by atoms with E-state index in [1.165, 1.54) is 17.7 Å². The Labute approximate surface area is 216 Å². The van der Waals surface area contributed by atoms with E-state index < -0.39 is 5.97 Å². The fraction of sp³-hybridized carbons (Fsp3) is 0.520. The van der Waals surface area contributed by atoms with Gasteiger partial charge in [0.25, 0.3) is 0 Å². The van der Waals surface area contributed by atoms with Gasteiger partial charge in [0.15, 0.2) is 16.6 Å². The first kappa shape index (κ1) is 29.2. The highest BCUT2D eigenvalue weighted by molar-refractivity contribution is 7.15. The standard InChI is InChI=1S/C22H27N5O5S.C2H6.CH4/c1-14-16(12-20(28)29)25-22(33-14)26-21-15-10-18(30-2)19(11-17(15)23-13-24-21)32-7-3-4-27-5-8-31-9-6-27;1-2;/h10-11,13H,3-9,12H2,1-2H3,(H,28,29)(H,23,24,25,26);1-2H3;1H4. The fourth-order valence-electron chi connectivity index (χ4n) is 3.62. The smallest absolute Gasteiger partial charge is 0.309 e. The maximum Gasteiger partial charge on any atom is 0.309 e. The van der Waals surface area contributed by atoms with Crippen molar-refractivity contribution in [3.63, 3.8) is 0 Å². The maximum absolute atomic E-state index is 11.0. The Bertz CT molecular complexity index is 1120. The van der Waals surface area contributed by atoms with Crippen molar-refractivity contribution in [2.45, 2.75) is 41.0 Å². The number of ether oxygens (including phenoxy) is 3. The van der Waals surface area contributed by atoms with Crippen molar-refractivity contribution in [2.75, 3.05) is 51.9 Å². The summed E-state index contributed by atoms with van der Waals surface area (Å²) >= 11 is 1.38. The molecule has 198 valence electrons. The van der Waals surface area contributed by atoms with Crippen LogP contribution in [0.25, 0.3) is 10.9 Å². The third-order valence-electron chi connectivity index (χ3n) is 5.34. The molecule has 1 saturated heterocycles. The third-order valence-corrected chi connectivity index (χ3v) is 6.27. The van der Waals surface area contributed by atoms with Crippen LogP contribution < -0.4 is 14.8 Å². The molecular formula is C25H37N5O5S. The number of methoxy groups -OCH3 is 1. The summed E-state index contributed by atoms with van der Waals surface area (Å²) in [6, 6.07) is 3.69. The van der Waals surface area contributed by atoms with Crippen LogP contribution in [0.5, 0.6) is 11.5 Å². The second-order valence-corrected chi connectivity index (χ2v) is 8.82. The highest BCUT2D eigenvalue weighted by Crippen LogP contribution is 2.35. The number of aromatic nitrogens is 3. The molecule has 1 aliphatic rings. The molecular weight excluding hydrogens is 482 g/mol. The van der Waals surface area contributed by atoms with Gasteiger partial charge in [-0.15, -0.1) is 11.3 Å². The molecule has 3 aromatic rings. The zero-order valence-corrected chi connectivity index (χ0v) is 21.5. The topological polar surface area (TPSA) is 119 Å². The van der Waals surface area contributed by atoms with Gasteiger partial charge in [0, 0.05) is 36.0 Å². The normalized spacial score (nSPS) is 13.3. The van der Waals surface area contributed by atoms with Crippen LogP contribution in [-0.2, 0) is 16.0 Å². The molecule has 1 aliphatic heterocycles. The van der Waals surface area contributed by atoms with Gasteiger partial charge in [-0.2, -0.15) is 0 Å². The van der Waals surface area contributed by atoms with E-state index in [4.69, 9.17) is 19.3 Å². The number of anilines is 2. The number of nitrogens with one attached hydrogen (secondary N) is 1. The van der Waals surface area contributed by atoms with Crippen molar-refractivity contribution in [3.8, 4) is 11.5 Å². The van der Waals surface area contributed by atoms with Gasteiger partial charge in [0.1, 0.15) is 12.1 Å². The summed E-state index contributed by atoms with van der Waals surface area (Å²) in [5.74, 6) is 0.872. The zero-order valence-electron chi connectivity index (χ0n) is 20.7. The number of morpholine rings is 1. The molecule has 0 aliphatic carbocycles. The summed E-state index contributed by atoms with van der Waals surface area (Å²) in [5.41, 5.74) is 1.24. The number of nitrogens with zero attached hydrogens (tertiary/aromatic N) is 4. The Balaban J connectivity index is 0.00000148. The molecule has 11 heteroatoms. The minimum atomic E-state index is -0.912. The average molecular weight is 520 g/mol. The quantitative estimate of drug-likeness (QED) is 0.370. The Morgan fingerprint density at radius 2 is 1.97 bits per heavy atom. The molecule has 0 unspecified atom stereocenters. The van der Waals surface area contributed by atoms with Gasteiger partial charge in [-0.3, -0.25) is 9.69 Å². The molecule has 10 nitrogen and oxygen atoms in total. The molecule has 1 fully saturated rings. The number of rotatable bonds is 10. The van der Waals surface area contributed by atoms with E-state index in [1.54, 1.807) is 7.11 Å². The van der Waals surface area contributed by atoms with Crippen molar-refractivity contribution in [1.82, 2.24) is 19.9 Å². The van der Waals surface area contributed by atoms with E-state index in [1.807, 2.05) is 32.9 Å². The summed E-state index contributed by atoms with van der Waals surface area (Å²) in [4.78, 5) is 27.4. The number of carboxylic acid groups (broad SMARTS) is 1. The van der Waals surface area contributed by atoms with Crippen molar-refractivity contribution in [3.05, 3.63) is 29.0 Å². The van der Waals surface area contributed by atoms with Crippen LogP contribution in [0.3, 0.4) is 0 Å². The molecule has 3 heterocycles. The highest BCUT2D eigenvalue weighted by atomic mass is 32.1. The van der Waals surface area contributed by atoms with Gasteiger partial charge in [-0.1, -0.05) is 21.3 Å². The summed E-state index contributed by atoms with van der Waals surface area (Å²) in [5, 5.41) is 13.6. The van der Waals surface area contributed by atoms with Gasteiger partial charge in [0.05, 0.1) is 44.6 Å². The van der Waals surface area contributed by atoms with Crippen LogP contribution in [0.2, 0.25) is 0 Å². The molecule has 2 aromatic heterocycles. The molecule has 1 aromatic carbocycles. The van der Waals surface area contributed by atoms with Crippen LogP contribution in [-0.4, -0.2) is 77.5 Å². The number of aliphatic carboxylic acids is 1. The van der Waals surface area contributed by atoms with Crippen molar-refractivity contribution >= 4 is 39.2 Å². The lowest BCUT2D eigenvalue weighted by molar-refractivity contribution is -0.136. The lowest BCUT2D eigenvalue weighted by Crippen LogP contribution is -2.37. The van der Waals surface area contributed by atoms with Gasteiger partial charge >= 0.3 is 5.97 Å². The lowest BCUT2D eigenvalue weighted by Gasteiger charge is -2.26. The van der Waals surface area contributed by atoms with Crippen molar-refractivity contribution < 1.29 is 24.1 Å². The van der Waals surface area contributed by atoms with E-state index in [9.17, 15) is 4.79 Å². The van der Waals surface area contributed by atoms with Crippen LogP contribution in [0, 0.1) is 6.92 Å². The molecule has 2 N–H and O–H groups in total. The number of thiazole rings is 1. The number of hydrogen-bond donors (Lipinski definition) is 2. The van der Waals surface area contributed by atoms with Crippen LogP contribution in [0.1, 0.15) is 38.3 Å². The number of carbonyl (C=O) groups is 1. The molecule has 36 heavy (non-hydrogen) atoms. The number of fused-ring (bicyclic) bond motifs is 1. The molecule has 0 spiro atoms. The van der Waals surface area contributed by atoms with E-state index in [-0.39, 0.29) is 13.8 Å². The average Bonchev–Trinajstić information content (AvgIpc) is 3.21. The number of hydrogen-bond acceptors (Lipinski definition) is 10. The van der Waals surface area contributed by atoms with Crippen molar-refractivity contribution in [2.24, 2.45) is 0 Å². The van der Waals surface area contributed by atoms with Crippen molar-refractivity contribution in [1.29, 1.82) is 0 Å². The maximum atomic E-state index is 11.0. The van der Waals surface area contributed by atoms with E-state index >= 15 is 0 Å². The first-order valence-corrected chi connectivity index (χ1v) is 12.6. The molecule has 0 saturated carbocycles. The van der Waals surface area contributed by atoms with Gasteiger partial charge in [-0.05, 0) is 19.4 Å². The predicted octanol–water partition coefficient (Wildman–Crippen LogP) is 4.54. The number of carboxylic acids is 1. The second kappa shape index (κ2) is 14.5. The van der Waals surface area contributed by atoms with Crippen LogP contribution >= 0.6 is 11.3 Å². The Morgan fingerprint density at radius 3 is 2.67 bits per heavy atom. The number of benzene rings is 1. The fourth-order valence-corrected chi connectivity index (χ4v) is 4.45. The predicted molar refractivity (Wildman–Crippen MR) is 143 cm³/mol. The summed E-state index contributed by atoms with van der Waals surface area (Å²) in [7, 11) is 1.60. The highest BCUT2D eigenvalue weighted by Gasteiger charge is 2.16. The Kier molecular flexibility index (Phi) is 11.8. The third kappa shape index (κ3) is 7.74. The SMILES string of the molecule is C.CC.COc1cc2c(Nc3nc(CC(=O)O)c(C)s3)ncnc2cc1OCCCN1CCOCC1.